The number of hydrogen-bond acceptors (Lipinski definition) is 0. The summed E-state index contributed by atoms with van der Waals surface area (Å²) in [6.45, 7) is -0.452. The number of alkyl halides is 1. The fourth-order valence-corrected chi connectivity index (χ4v) is 2.10. The second-order valence-electron chi connectivity index (χ2n) is 1.97. The number of halogens is 4. The van der Waals surface area contributed by atoms with E-state index in [9.17, 15) is 4.39 Å². The molecule has 0 aliphatic carbocycles. The second kappa shape index (κ2) is 4.01. The van der Waals surface area contributed by atoms with Crippen molar-refractivity contribution in [2.24, 2.45) is 0 Å². The van der Waals surface area contributed by atoms with Crippen molar-refractivity contribution in [2.45, 2.75) is 6.67 Å². The summed E-state index contributed by atoms with van der Waals surface area (Å²) in [6, 6.07) is 3.54. The van der Waals surface area contributed by atoms with Gasteiger partial charge in [-0.15, -0.1) is 0 Å². The standard InChI is InChI=1S/C7H4Br3F/c8-5-2-1-4(3-11)6(9)7(5)10/h1-2H,3H2. The highest BCUT2D eigenvalue weighted by Gasteiger charge is 2.06. The van der Waals surface area contributed by atoms with E-state index in [2.05, 4.69) is 47.8 Å². The van der Waals surface area contributed by atoms with Crippen molar-refractivity contribution in [1.29, 1.82) is 0 Å². The highest BCUT2D eigenvalue weighted by Crippen LogP contribution is 2.33. The maximum absolute atomic E-state index is 12.2. The first-order chi connectivity index (χ1) is 5.16. The van der Waals surface area contributed by atoms with Crippen LogP contribution in [-0.4, -0.2) is 0 Å². The smallest absolute Gasteiger partial charge is 0.116 e. The van der Waals surface area contributed by atoms with E-state index in [0.29, 0.717) is 5.56 Å². The summed E-state index contributed by atoms with van der Waals surface area (Å²) in [5.74, 6) is 0. The topological polar surface area (TPSA) is 0 Å². The third-order valence-electron chi connectivity index (χ3n) is 1.26. The SMILES string of the molecule is FCc1ccc(Br)c(Br)c1Br. The van der Waals surface area contributed by atoms with Crippen LogP contribution in [0.1, 0.15) is 5.56 Å². The Balaban J connectivity index is 3.25. The Morgan fingerprint density at radius 1 is 1.09 bits per heavy atom. The molecule has 0 amide bonds. The quantitative estimate of drug-likeness (QED) is 0.659. The van der Waals surface area contributed by atoms with Crippen molar-refractivity contribution in [2.75, 3.05) is 0 Å². The fourth-order valence-electron chi connectivity index (χ4n) is 0.669. The molecule has 11 heavy (non-hydrogen) atoms. The van der Waals surface area contributed by atoms with Crippen molar-refractivity contribution in [3.05, 3.63) is 31.1 Å². The van der Waals surface area contributed by atoms with Crippen molar-refractivity contribution in [3.63, 3.8) is 0 Å². The van der Waals surface area contributed by atoms with Gasteiger partial charge in [0.2, 0.25) is 0 Å². The largest absolute Gasteiger partial charge is 0.246 e. The van der Waals surface area contributed by atoms with Gasteiger partial charge in [0, 0.05) is 13.4 Å². The molecule has 0 nitrogen and oxygen atoms in total. The van der Waals surface area contributed by atoms with Crippen molar-refractivity contribution >= 4 is 47.8 Å². The first-order valence-electron chi connectivity index (χ1n) is 2.85. The average Bonchev–Trinajstić information content (AvgIpc) is 2.01. The summed E-state index contributed by atoms with van der Waals surface area (Å²) < 4.78 is 14.8. The van der Waals surface area contributed by atoms with Gasteiger partial charge in [0.1, 0.15) is 6.67 Å². The zero-order valence-corrected chi connectivity index (χ0v) is 10.1. The van der Waals surface area contributed by atoms with E-state index in [1.165, 1.54) is 0 Å². The van der Waals surface area contributed by atoms with Crippen LogP contribution in [0.3, 0.4) is 0 Å². The van der Waals surface area contributed by atoms with Gasteiger partial charge in [-0.05, 0) is 59.4 Å². The summed E-state index contributed by atoms with van der Waals surface area (Å²) in [5.41, 5.74) is 0.653. The zero-order chi connectivity index (χ0) is 8.43. The van der Waals surface area contributed by atoms with Gasteiger partial charge in [-0.1, -0.05) is 6.07 Å². The third-order valence-corrected chi connectivity index (χ3v) is 4.71. The lowest BCUT2D eigenvalue weighted by Crippen LogP contribution is -1.82. The molecule has 0 aliphatic heterocycles. The Hall–Kier alpha value is 0.590. The minimum absolute atomic E-state index is 0.452. The van der Waals surface area contributed by atoms with Crippen LogP contribution < -0.4 is 0 Å². The Labute approximate surface area is 89.6 Å². The van der Waals surface area contributed by atoms with Crippen molar-refractivity contribution in [1.82, 2.24) is 0 Å². The number of benzene rings is 1. The molecular formula is C7H4Br3F. The van der Waals surface area contributed by atoms with Gasteiger partial charge < -0.3 is 0 Å². The predicted octanol–water partition coefficient (Wildman–Crippen LogP) is 4.44. The lowest BCUT2D eigenvalue weighted by molar-refractivity contribution is 0.483. The molecule has 0 radical (unpaired) electrons. The molecule has 1 rings (SSSR count). The van der Waals surface area contributed by atoms with E-state index >= 15 is 0 Å². The molecule has 0 fully saturated rings. The summed E-state index contributed by atoms with van der Waals surface area (Å²) in [4.78, 5) is 0. The Kier molecular flexibility index (Phi) is 3.52. The summed E-state index contributed by atoms with van der Waals surface area (Å²) in [5, 5.41) is 0. The van der Waals surface area contributed by atoms with E-state index < -0.39 is 6.67 Å². The summed E-state index contributed by atoms with van der Waals surface area (Å²) in [6.07, 6.45) is 0. The number of rotatable bonds is 1. The highest BCUT2D eigenvalue weighted by molar-refractivity contribution is 9.14. The Morgan fingerprint density at radius 3 is 2.27 bits per heavy atom. The molecule has 0 atom stereocenters. The van der Waals surface area contributed by atoms with Crippen molar-refractivity contribution in [3.8, 4) is 0 Å². The molecule has 0 aliphatic rings. The second-order valence-corrected chi connectivity index (χ2v) is 4.41. The fraction of sp³-hybridized carbons (Fsp3) is 0.143. The van der Waals surface area contributed by atoms with Crippen LogP contribution in [0.25, 0.3) is 0 Å². The van der Waals surface area contributed by atoms with Gasteiger partial charge in [-0.3, -0.25) is 0 Å². The normalized spacial score (nSPS) is 10.2. The molecule has 0 bridgehead atoms. The maximum atomic E-state index is 12.2. The van der Waals surface area contributed by atoms with Crippen LogP contribution in [0, 0.1) is 0 Å². The maximum Gasteiger partial charge on any atom is 0.116 e. The molecule has 60 valence electrons. The molecule has 4 heteroatoms. The van der Waals surface area contributed by atoms with Gasteiger partial charge >= 0.3 is 0 Å². The van der Waals surface area contributed by atoms with Gasteiger partial charge in [0.05, 0.1) is 0 Å². The monoisotopic (exact) mass is 344 g/mol. The molecule has 0 N–H and O–H groups in total. The van der Waals surface area contributed by atoms with Crippen LogP contribution in [0.15, 0.2) is 25.6 Å². The molecule has 0 saturated heterocycles. The molecule has 1 aromatic carbocycles. The van der Waals surface area contributed by atoms with E-state index in [4.69, 9.17) is 0 Å². The van der Waals surface area contributed by atoms with Gasteiger partial charge in [-0.2, -0.15) is 0 Å². The summed E-state index contributed by atoms with van der Waals surface area (Å²) >= 11 is 9.89. The Bertz CT molecular complexity index is 273. The minimum Gasteiger partial charge on any atom is -0.246 e. The zero-order valence-electron chi connectivity index (χ0n) is 5.37. The highest BCUT2D eigenvalue weighted by atomic mass is 79.9. The first kappa shape index (κ1) is 9.68. The third kappa shape index (κ3) is 2.04. The van der Waals surface area contributed by atoms with Crippen LogP contribution in [-0.2, 0) is 6.67 Å². The number of hydrogen-bond donors (Lipinski definition) is 0. The van der Waals surface area contributed by atoms with Crippen LogP contribution in [0.4, 0.5) is 4.39 Å². The molecular weight excluding hydrogens is 343 g/mol. The van der Waals surface area contributed by atoms with Gasteiger partial charge in [-0.25, -0.2) is 4.39 Å². The lowest BCUT2D eigenvalue weighted by atomic mass is 10.2. The molecule has 0 aromatic heterocycles. The van der Waals surface area contributed by atoms with E-state index in [0.717, 1.165) is 13.4 Å². The van der Waals surface area contributed by atoms with Crippen molar-refractivity contribution < 1.29 is 4.39 Å². The summed E-state index contributed by atoms with van der Waals surface area (Å²) in [7, 11) is 0. The van der Waals surface area contributed by atoms with E-state index in [-0.39, 0.29) is 0 Å². The van der Waals surface area contributed by atoms with Crippen LogP contribution >= 0.6 is 47.8 Å². The first-order valence-corrected chi connectivity index (χ1v) is 5.23. The van der Waals surface area contributed by atoms with Gasteiger partial charge in [0.25, 0.3) is 0 Å². The van der Waals surface area contributed by atoms with Gasteiger partial charge in [0.15, 0.2) is 0 Å². The lowest BCUT2D eigenvalue weighted by Gasteiger charge is -2.03. The molecule has 1 aromatic rings. The predicted molar refractivity (Wildman–Crippen MR) is 54.4 cm³/mol. The van der Waals surface area contributed by atoms with E-state index in [1.807, 2.05) is 6.07 Å². The Morgan fingerprint density at radius 2 is 1.73 bits per heavy atom. The molecule has 0 heterocycles. The average molecular weight is 347 g/mol. The molecule has 0 unspecified atom stereocenters. The minimum atomic E-state index is -0.452. The van der Waals surface area contributed by atoms with Crippen LogP contribution in [0.2, 0.25) is 0 Å². The van der Waals surface area contributed by atoms with Crippen LogP contribution in [0.5, 0.6) is 0 Å². The van der Waals surface area contributed by atoms with E-state index in [1.54, 1.807) is 6.07 Å². The molecule has 0 saturated carbocycles. The molecule has 0 spiro atoms.